The van der Waals surface area contributed by atoms with Crippen molar-refractivity contribution in [3.05, 3.63) is 36.2 Å². The van der Waals surface area contributed by atoms with Crippen LogP contribution in [-0.2, 0) is 0 Å². The summed E-state index contributed by atoms with van der Waals surface area (Å²) in [4.78, 5) is 15.2. The van der Waals surface area contributed by atoms with Gasteiger partial charge >= 0.3 is 0 Å². The van der Waals surface area contributed by atoms with Crippen molar-refractivity contribution in [2.45, 2.75) is 57.0 Å². The molecule has 7 heteroatoms. The van der Waals surface area contributed by atoms with Gasteiger partial charge in [0.05, 0.1) is 5.69 Å². The van der Waals surface area contributed by atoms with E-state index in [1.807, 2.05) is 24.3 Å². The highest BCUT2D eigenvalue weighted by Crippen LogP contribution is 2.25. The van der Waals surface area contributed by atoms with Crippen molar-refractivity contribution in [2.75, 3.05) is 13.1 Å². The third-order valence-corrected chi connectivity index (χ3v) is 5.64. The summed E-state index contributed by atoms with van der Waals surface area (Å²) in [5.74, 6) is 0.000909. The molecule has 2 aliphatic rings. The zero-order valence-corrected chi connectivity index (χ0v) is 15.0. The predicted molar refractivity (Wildman–Crippen MR) is 98.1 cm³/mol. The molecule has 0 spiro atoms. The Hall–Kier alpha value is -2.28. The summed E-state index contributed by atoms with van der Waals surface area (Å²) in [6.45, 7) is 2.09. The maximum atomic E-state index is 12.6. The molecule has 1 N–H and O–H groups in total. The summed E-state index contributed by atoms with van der Waals surface area (Å²) >= 11 is 0. The third-order valence-electron chi connectivity index (χ3n) is 5.64. The molecule has 2 heterocycles. The van der Waals surface area contributed by atoms with Crippen LogP contribution in [0.15, 0.2) is 30.6 Å². The van der Waals surface area contributed by atoms with E-state index in [0.29, 0.717) is 5.56 Å². The van der Waals surface area contributed by atoms with Crippen molar-refractivity contribution in [3.63, 3.8) is 0 Å². The first-order valence-electron chi connectivity index (χ1n) is 9.68. The molecule has 0 radical (unpaired) electrons. The maximum Gasteiger partial charge on any atom is 0.251 e. The lowest BCUT2D eigenvalue weighted by molar-refractivity contribution is 0.0935. The monoisotopic (exact) mass is 354 g/mol. The summed E-state index contributed by atoms with van der Waals surface area (Å²) < 4.78 is 1.57. The number of nitrogens with one attached hydrogen (secondary N) is 1. The van der Waals surface area contributed by atoms with E-state index in [4.69, 9.17) is 0 Å². The summed E-state index contributed by atoms with van der Waals surface area (Å²) in [5.41, 5.74) is 1.52. The fourth-order valence-electron chi connectivity index (χ4n) is 4.17. The molecule has 138 valence electrons. The van der Waals surface area contributed by atoms with Gasteiger partial charge in [0.15, 0.2) is 0 Å². The zero-order chi connectivity index (χ0) is 17.8. The van der Waals surface area contributed by atoms with Gasteiger partial charge in [-0.05, 0) is 54.0 Å². The first-order valence-corrected chi connectivity index (χ1v) is 9.68. The number of benzene rings is 1. The molecule has 1 unspecified atom stereocenters. The smallest absolute Gasteiger partial charge is 0.251 e. The van der Waals surface area contributed by atoms with E-state index < -0.39 is 0 Å². The molecule has 4 rings (SSSR count). The zero-order valence-electron chi connectivity index (χ0n) is 15.0. The van der Waals surface area contributed by atoms with Crippen LogP contribution in [0.3, 0.4) is 0 Å². The van der Waals surface area contributed by atoms with Crippen LogP contribution < -0.4 is 5.32 Å². The molecular formula is C19H26N6O. The minimum Gasteiger partial charge on any atom is -0.348 e. The number of carbonyl (C=O) groups is 1. The van der Waals surface area contributed by atoms with Gasteiger partial charge in [-0.3, -0.25) is 9.69 Å². The largest absolute Gasteiger partial charge is 0.348 e. The highest BCUT2D eigenvalue weighted by molar-refractivity contribution is 5.94. The Morgan fingerprint density at radius 2 is 1.81 bits per heavy atom. The standard InChI is InChI=1S/C19H26N6O/c26-19(15-7-9-18(10-8-15)25-14-20-22-23-25)21-16-11-12-24(13-16)17-5-3-1-2-4-6-17/h7-10,14,16-17H,1-6,11-13H2,(H,21,26). The summed E-state index contributed by atoms with van der Waals surface area (Å²) in [5, 5.41) is 14.3. The molecule has 0 bridgehead atoms. The van der Waals surface area contributed by atoms with E-state index in [9.17, 15) is 4.79 Å². The fourth-order valence-corrected chi connectivity index (χ4v) is 4.17. The van der Waals surface area contributed by atoms with Crippen molar-refractivity contribution in [2.24, 2.45) is 0 Å². The number of likely N-dealkylation sites (tertiary alicyclic amines) is 1. The van der Waals surface area contributed by atoms with E-state index in [-0.39, 0.29) is 11.9 Å². The molecule has 1 aromatic carbocycles. The van der Waals surface area contributed by atoms with Gasteiger partial charge in [-0.25, -0.2) is 4.68 Å². The number of rotatable bonds is 4. The fraction of sp³-hybridized carbons (Fsp3) is 0.579. The van der Waals surface area contributed by atoms with Gasteiger partial charge in [-0.1, -0.05) is 25.7 Å². The van der Waals surface area contributed by atoms with Gasteiger partial charge in [0, 0.05) is 30.7 Å². The molecule has 2 fully saturated rings. The van der Waals surface area contributed by atoms with Gasteiger partial charge < -0.3 is 5.32 Å². The van der Waals surface area contributed by atoms with E-state index >= 15 is 0 Å². The molecule has 1 saturated heterocycles. The highest BCUT2D eigenvalue weighted by Gasteiger charge is 2.29. The quantitative estimate of drug-likeness (QED) is 0.852. The Balaban J connectivity index is 1.32. The molecule has 1 aromatic heterocycles. The Bertz CT molecular complexity index is 706. The Labute approximate surface area is 153 Å². The van der Waals surface area contributed by atoms with Crippen LogP contribution in [0.2, 0.25) is 0 Å². The predicted octanol–water partition coefficient (Wildman–Crippen LogP) is 2.19. The maximum absolute atomic E-state index is 12.6. The average Bonchev–Trinajstić information content (AvgIpc) is 3.29. The lowest BCUT2D eigenvalue weighted by Crippen LogP contribution is -2.39. The average molecular weight is 354 g/mol. The van der Waals surface area contributed by atoms with Gasteiger partial charge in [-0.2, -0.15) is 0 Å². The van der Waals surface area contributed by atoms with E-state index in [1.165, 1.54) is 44.9 Å². The van der Waals surface area contributed by atoms with Gasteiger partial charge in [0.25, 0.3) is 5.91 Å². The number of nitrogens with zero attached hydrogens (tertiary/aromatic N) is 5. The Kier molecular flexibility index (Phi) is 5.24. The second-order valence-corrected chi connectivity index (χ2v) is 7.40. The van der Waals surface area contributed by atoms with Crippen LogP contribution in [-0.4, -0.2) is 56.2 Å². The highest BCUT2D eigenvalue weighted by atomic mass is 16.1. The van der Waals surface area contributed by atoms with Crippen molar-refractivity contribution in [3.8, 4) is 5.69 Å². The molecule has 1 amide bonds. The number of tetrazole rings is 1. The minimum atomic E-state index is 0.000909. The van der Waals surface area contributed by atoms with E-state index in [2.05, 4.69) is 25.7 Å². The normalized spacial score (nSPS) is 22.2. The number of hydrogen-bond donors (Lipinski definition) is 1. The molecule has 1 aliphatic carbocycles. The number of aromatic nitrogens is 4. The summed E-state index contributed by atoms with van der Waals surface area (Å²) in [7, 11) is 0. The minimum absolute atomic E-state index is 0.000909. The van der Waals surface area contributed by atoms with Crippen molar-refractivity contribution < 1.29 is 4.79 Å². The summed E-state index contributed by atoms with van der Waals surface area (Å²) in [6.07, 6.45) is 10.7. The first kappa shape index (κ1) is 17.1. The van der Waals surface area contributed by atoms with Crippen molar-refractivity contribution in [1.29, 1.82) is 0 Å². The second kappa shape index (κ2) is 7.95. The molecule has 2 aromatic rings. The van der Waals surface area contributed by atoms with Crippen LogP contribution in [0.4, 0.5) is 0 Å². The molecule has 1 aliphatic heterocycles. The SMILES string of the molecule is O=C(NC1CCN(C2CCCCCC2)C1)c1ccc(-n2cnnn2)cc1. The van der Waals surface area contributed by atoms with Crippen molar-refractivity contribution >= 4 is 5.91 Å². The Morgan fingerprint density at radius 1 is 1.04 bits per heavy atom. The Morgan fingerprint density at radius 3 is 2.50 bits per heavy atom. The van der Waals surface area contributed by atoms with Crippen LogP contribution in [0.1, 0.15) is 55.3 Å². The summed E-state index contributed by atoms with van der Waals surface area (Å²) in [6, 6.07) is 8.34. The number of hydrogen-bond acceptors (Lipinski definition) is 5. The topological polar surface area (TPSA) is 75.9 Å². The lowest BCUT2D eigenvalue weighted by Gasteiger charge is -2.26. The molecule has 1 saturated carbocycles. The van der Waals surface area contributed by atoms with Gasteiger partial charge in [-0.15, -0.1) is 5.10 Å². The first-order chi connectivity index (χ1) is 12.8. The van der Waals surface area contributed by atoms with Gasteiger partial charge in [0.2, 0.25) is 0 Å². The third kappa shape index (κ3) is 3.93. The second-order valence-electron chi connectivity index (χ2n) is 7.40. The molecule has 1 atom stereocenters. The van der Waals surface area contributed by atoms with Crippen LogP contribution in [0.25, 0.3) is 5.69 Å². The number of amides is 1. The van der Waals surface area contributed by atoms with Crippen LogP contribution in [0, 0.1) is 0 Å². The lowest BCUT2D eigenvalue weighted by atomic mass is 10.1. The van der Waals surface area contributed by atoms with Crippen LogP contribution in [0.5, 0.6) is 0 Å². The molecule has 26 heavy (non-hydrogen) atoms. The molecular weight excluding hydrogens is 328 g/mol. The van der Waals surface area contributed by atoms with Crippen molar-refractivity contribution in [1.82, 2.24) is 30.4 Å². The van der Waals surface area contributed by atoms with Gasteiger partial charge in [0.1, 0.15) is 6.33 Å². The molecule has 7 nitrogen and oxygen atoms in total. The van der Waals surface area contributed by atoms with E-state index in [1.54, 1.807) is 4.68 Å². The van der Waals surface area contributed by atoms with E-state index in [0.717, 1.165) is 31.2 Å². The number of carbonyl (C=O) groups excluding carboxylic acids is 1. The van der Waals surface area contributed by atoms with Crippen LogP contribution >= 0.6 is 0 Å².